The lowest BCUT2D eigenvalue weighted by molar-refractivity contribution is 0.471. The lowest BCUT2D eigenvalue weighted by Crippen LogP contribution is -2.12. The number of nitrogens with zero attached hydrogens (tertiary/aromatic N) is 2. The second-order valence-corrected chi connectivity index (χ2v) is 5.82. The average molecular weight is 243 g/mol. The Bertz CT molecular complexity index is 579. The number of imidazole rings is 1. The van der Waals surface area contributed by atoms with Crippen molar-refractivity contribution in [3.63, 3.8) is 0 Å². The molecule has 1 saturated carbocycles. The number of nitrogen functional groups attached to an aromatic ring is 1. The summed E-state index contributed by atoms with van der Waals surface area (Å²) in [7, 11) is 0. The molecule has 3 rings (SSSR count). The maximum Gasteiger partial charge on any atom is 0.112 e. The average Bonchev–Trinajstić information content (AvgIpc) is 3.08. The quantitative estimate of drug-likeness (QED) is 0.835. The Balaban J connectivity index is 2.21. The fourth-order valence-electron chi connectivity index (χ4n) is 2.76. The Kier molecular flexibility index (Phi) is 2.58. The molecule has 2 N–H and O–H groups in total. The van der Waals surface area contributed by atoms with Gasteiger partial charge in [-0.25, -0.2) is 4.98 Å². The standard InChI is InChI=1S/C15H21N3/c1-9(2)15-17-13-8-12(16)6-7-14(13)18(15)10(3)11-4-5-11/h6-11H,4-5,16H2,1-3H3. The van der Waals surface area contributed by atoms with E-state index in [4.69, 9.17) is 10.7 Å². The van der Waals surface area contributed by atoms with Gasteiger partial charge in [-0.3, -0.25) is 0 Å². The summed E-state index contributed by atoms with van der Waals surface area (Å²) < 4.78 is 2.43. The van der Waals surface area contributed by atoms with Gasteiger partial charge in [-0.2, -0.15) is 0 Å². The normalized spacial score (nSPS) is 17.6. The lowest BCUT2D eigenvalue weighted by atomic mass is 10.1. The Morgan fingerprint density at radius 1 is 1.28 bits per heavy atom. The van der Waals surface area contributed by atoms with Crippen molar-refractivity contribution in [1.82, 2.24) is 9.55 Å². The molecule has 0 amide bonds. The number of fused-ring (bicyclic) bond motifs is 1. The van der Waals surface area contributed by atoms with Gasteiger partial charge in [-0.15, -0.1) is 0 Å². The van der Waals surface area contributed by atoms with Crippen LogP contribution in [0.4, 0.5) is 5.69 Å². The van der Waals surface area contributed by atoms with Crippen molar-refractivity contribution in [3.05, 3.63) is 24.0 Å². The van der Waals surface area contributed by atoms with Crippen molar-refractivity contribution in [1.29, 1.82) is 0 Å². The zero-order valence-electron chi connectivity index (χ0n) is 11.4. The van der Waals surface area contributed by atoms with Crippen LogP contribution in [-0.4, -0.2) is 9.55 Å². The minimum absolute atomic E-state index is 0.444. The van der Waals surface area contributed by atoms with E-state index < -0.39 is 0 Å². The summed E-state index contributed by atoms with van der Waals surface area (Å²) >= 11 is 0. The SMILES string of the molecule is CC(C)c1nc2cc(N)ccc2n1C(C)C1CC1. The van der Waals surface area contributed by atoms with Crippen LogP contribution in [0.2, 0.25) is 0 Å². The van der Waals surface area contributed by atoms with Crippen molar-refractivity contribution in [3.8, 4) is 0 Å². The Morgan fingerprint density at radius 3 is 2.61 bits per heavy atom. The third-order valence-corrected chi connectivity index (χ3v) is 3.97. The molecule has 1 aliphatic carbocycles. The van der Waals surface area contributed by atoms with E-state index in [0.717, 1.165) is 17.1 Å². The molecule has 0 aliphatic heterocycles. The van der Waals surface area contributed by atoms with Gasteiger partial charge < -0.3 is 10.3 Å². The summed E-state index contributed by atoms with van der Waals surface area (Å²) in [6.07, 6.45) is 2.71. The molecule has 0 radical (unpaired) electrons. The largest absolute Gasteiger partial charge is 0.399 e. The summed E-state index contributed by atoms with van der Waals surface area (Å²) in [5, 5.41) is 0. The summed E-state index contributed by atoms with van der Waals surface area (Å²) in [5.74, 6) is 2.47. The molecule has 1 unspecified atom stereocenters. The number of benzene rings is 1. The first-order valence-electron chi connectivity index (χ1n) is 6.85. The van der Waals surface area contributed by atoms with E-state index in [0.29, 0.717) is 12.0 Å². The highest BCUT2D eigenvalue weighted by molar-refractivity contribution is 5.80. The highest BCUT2D eigenvalue weighted by Gasteiger charge is 2.31. The number of nitrogens with two attached hydrogens (primary N) is 1. The molecule has 18 heavy (non-hydrogen) atoms. The van der Waals surface area contributed by atoms with E-state index >= 15 is 0 Å². The van der Waals surface area contributed by atoms with E-state index in [9.17, 15) is 0 Å². The first kappa shape index (κ1) is 11.6. The zero-order chi connectivity index (χ0) is 12.9. The van der Waals surface area contributed by atoms with Gasteiger partial charge in [0.25, 0.3) is 0 Å². The van der Waals surface area contributed by atoms with Crippen LogP contribution < -0.4 is 5.73 Å². The number of aromatic nitrogens is 2. The van der Waals surface area contributed by atoms with Crippen molar-refractivity contribution < 1.29 is 0 Å². The Hall–Kier alpha value is -1.51. The Labute approximate surface area is 108 Å². The maximum atomic E-state index is 5.86. The van der Waals surface area contributed by atoms with E-state index in [1.165, 1.54) is 24.2 Å². The van der Waals surface area contributed by atoms with Crippen LogP contribution in [0, 0.1) is 5.92 Å². The molecule has 96 valence electrons. The van der Waals surface area contributed by atoms with Gasteiger partial charge >= 0.3 is 0 Å². The molecule has 0 bridgehead atoms. The van der Waals surface area contributed by atoms with Gasteiger partial charge in [-0.05, 0) is 43.9 Å². The minimum atomic E-state index is 0.444. The number of rotatable bonds is 3. The topological polar surface area (TPSA) is 43.8 Å². The second-order valence-electron chi connectivity index (χ2n) is 5.82. The van der Waals surface area contributed by atoms with Crippen molar-refractivity contribution in [2.24, 2.45) is 5.92 Å². The molecular weight excluding hydrogens is 222 g/mol. The van der Waals surface area contributed by atoms with Gasteiger partial charge in [0.15, 0.2) is 0 Å². The maximum absolute atomic E-state index is 5.86. The first-order valence-corrected chi connectivity index (χ1v) is 6.85. The molecular formula is C15H21N3. The molecule has 0 saturated heterocycles. The number of anilines is 1. The summed E-state index contributed by atoms with van der Waals surface area (Å²) in [6, 6.07) is 6.63. The van der Waals surface area contributed by atoms with E-state index in [1.54, 1.807) is 0 Å². The van der Waals surface area contributed by atoms with Crippen molar-refractivity contribution >= 4 is 16.7 Å². The monoisotopic (exact) mass is 243 g/mol. The van der Waals surface area contributed by atoms with Gasteiger partial charge in [0.2, 0.25) is 0 Å². The van der Waals surface area contributed by atoms with Crippen LogP contribution in [0.5, 0.6) is 0 Å². The molecule has 3 heteroatoms. The molecule has 3 nitrogen and oxygen atoms in total. The van der Waals surface area contributed by atoms with Crippen LogP contribution >= 0.6 is 0 Å². The molecule has 1 aromatic carbocycles. The predicted octanol–water partition coefficient (Wildman–Crippen LogP) is 3.71. The molecule has 1 heterocycles. The van der Waals surface area contributed by atoms with Crippen molar-refractivity contribution in [2.75, 3.05) is 5.73 Å². The fraction of sp³-hybridized carbons (Fsp3) is 0.533. The third-order valence-electron chi connectivity index (χ3n) is 3.97. The molecule has 1 aliphatic rings. The van der Waals surface area contributed by atoms with Crippen LogP contribution in [0.15, 0.2) is 18.2 Å². The summed E-state index contributed by atoms with van der Waals surface area (Å²) in [4.78, 5) is 4.79. The van der Waals surface area contributed by atoms with Gasteiger partial charge in [0.05, 0.1) is 11.0 Å². The zero-order valence-corrected chi connectivity index (χ0v) is 11.4. The summed E-state index contributed by atoms with van der Waals surface area (Å²) in [5.41, 5.74) is 8.91. The number of hydrogen-bond acceptors (Lipinski definition) is 2. The van der Waals surface area contributed by atoms with Gasteiger partial charge in [-0.1, -0.05) is 13.8 Å². The summed E-state index contributed by atoms with van der Waals surface area (Å²) in [6.45, 7) is 6.74. The van der Waals surface area contributed by atoms with Gasteiger partial charge in [0.1, 0.15) is 5.82 Å². The predicted molar refractivity (Wildman–Crippen MR) is 75.7 cm³/mol. The smallest absolute Gasteiger partial charge is 0.112 e. The fourth-order valence-corrected chi connectivity index (χ4v) is 2.76. The lowest BCUT2D eigenvalue weighted by Gasteiger charge is -2.18. The van der Waals surface area contributed by atoms with Crippen molar-refractivity contribution in [2.45, 2.75) is 45.6 Å². The van der Waals surface area contributed by atoms with Crippen LogP contribution in [0.1, 0.15) is 51.4 Å². The molecule has 1 atom stereocenters. The van der Waals surface area contributed by atoms with Gasteiger partial charge in [0, 0.05) is 17.6 Å². The highest BCUT2D eigenvalue weighted by Crippen LogP contribution is 2.42. The van der Waals surface area contributed by atoms with E-state index in [-0.39, 0.29) is 0 Å². The van der Waals surface area contributed by atoms with Crippen LogP contribution in [-0.2, 0) is 0 Å². The molecule has 1 aromatic heterocycles. The second kappa shape index (κ2) is 4.01. The molecule has 1 fully saturated rings. The third kappa shape index (κ3) is 1.78. The van der Waals surface area contributed by atoms with Crippen LogP contribution in [0.25, 0.3) is 11.0 Å². The highest BCUT2D eigenvalue weighted by atomic mass is 15.1. The first-order chi connectivity index (χ1) is 8.58. The van der Waals surface area contributed by atoms with Crippen LogP contribution in [0.3, 0.4) is 0 Å². The minimum Gasteiger partial charge on any atom is -0.399 e. The number of hydrogen-bond donors (Lipinski definition) is 1. The Morgan fingerprint density at radius 2 is 2.00 bits per heavy atom. The van der Waals surface area contributed by atoms with E-state index in [1.807, 2.05) is 12.1 Å². The van der Waals surface area contributed by atoms with E-state index in [2.05, 4.69) is 31.4 Å². The molecule has 0 spiro atoms. The molecule has 2 aromatic rings.